The van der Waals surface area contributed by atoms with Crippen LogP contribution in [0.5, 0.6) is 5.75 Å². The highest BCUT2D eigenvalue weighted by atomic mass is 19.4. The number of halogens is 3. The van der Waals surface area contributed by atoms with Gasteiger partial charge in [0, 0.05) is 5.69 Å². The van der Waals surface area contributed by atoms with Crippen molar-refractivity contribution in [3.05, 3.63) is 23.8 Å². The van der Waals surface area contributed by atoms with Gasteiger partial charge in [-0.2, -0.15) is 0 Å². The number of hydrogen-bond donors (Lipinski definition) is 2. The number of amides is 1. The minimum atomic E-state index is -4.83. The molecule has 0 spiro atoms. The Morgan fingerprint density at radius 1 is 1.30 bits per heavy atom. The Hall–Kier alpha value is -2.56. The predicted molar refractivity (Wildman–Crippen MR) is 78.7 cm³/mol. The minimum absolute atomic E-state index is 0.0340. The lowest BCUT2D eigenvalue weighted by molar-refractivity contribution is -0.274. The number of ether oxygens (including phenoxy) is 2. The zero-order chi connectivity index (χ0) is 17.7. The first-order chi connectivity index (χ1) is 10.5. The van der Waals surface area contributed by atoms with E-state index in [1.54, 1.807) is 20.8 Å². The third-order valence-electron chi connectivity index (χ3n) is 2.17. The summed E-state index contributed by atoms with van der Waals surface area (Å²) in [5.41, 5.74) is 5.07. The molecule has 3 N–H and O–H groups in total. The van der Waals surface area contributed by atoms with Crippen molar-refractivity contribution in [2.45, 2.75) is 32.7 Å². The Labute approximate surface area is 131 Å². The molecule has 1 aromatic carbocycles. The molecule has 0 saturated carbocycles. The van der Waals surface area contributed by atoms with E-state index in [1.165, 1.54) is 12.1 Å². The molecule has 0 aromatic heterocycles. The molecule has 0 radical (unpaired) electrons. The fourth-order valence-electron chi connectivity index (χ4n) is 1.43. The number of alkyl halides is 3. The first kappa shape index (κ1) is 18.5. The quantitative estimate of drug-likeness (QED) is 0.646. The molecule has 126 valence electrons. The molecular formula is C15H17F3N2O3. The Bertz CT molecular complexity index is 626. The van der Waals surface area contributed by atoms with E-state index in [1.807, 2.05) is 0 Å². The summed E-state index contributed by atoms with van der Waals surface area (Å²) < 4.78 is 45.7. The molecule has 1 amide bonds. The number of carbonyl (C=O) groups is 1. The highest BCUT2D eigenvalue weighted by Gasteiger charge is 2.32. The molecule has 0 heterocycles. The zero-order valence-corrected chi connectivity index (χ0v) is 12.9. The van der Waals surface area contributed by atoms with Gasteiger partial charge < -0.3 is 20.5 Å². The van der Waals surface area contributed by atoms with Crippen LogP contribution < -0.4 is 15.8 Å². The van der Waals surface area contributed by atoms with E-state index in [9.17, 15) is 18.0 Å². The summed E-state index contributed by atoms with van der Waals surface area (Å²) in [5.74, 6) is 4.51. The normalized spacial score (nSPS) is 11.2. The topological polar surface area (TPSA) is 73.6 Å². The molecule has 5 nitrogen and oxygen atoms in total. The number of nitrogens with two attached hydrogens (primary N) is 1. The first-order valence-electron chi connectivity index (χ1n) is 6.57. The second kappa shape index (κ2) is 7.13. The second-order valence-electron chi connectivity index (χ2n) is 5.46. The van der Waals surface area contributed by atoms with Crippen molar-refractivity contribution in [2.24, 2.45) is 0 Å². The van der Waals surface area contributed by atoms with Gasteiger partial charge in [0.25, 0.3) is 0 Å². The molecule has 0 aliphatic carbocycles. The van der Waals surface area contributed by atoms with E-state index < -0.39 is 23.8 Å². The maximum absolute atomic E-state index is 12.3. The van der Waals surface area contributed by atoms with Crippen LogP contribution >= 0.6 is 0 Å². The standard InChI is InChI=1S/C15H17F3N2O3/c1-14(2,3)23-13(21)20-8-4-5-10-9-11(19)6-7-12(10)22-15(16,17)18/h6-7,9H,8,19H2,1-3H3,(H,20,21). The Morgan fingerprint density at radius 2 is 1.96 bits per heavy atom. The molecule has 0 aliphatic rings. The van der Waals surface area contributed by atoms with Gasteiger partial charge in [-0.1, -0.05) is 11.8 Å². The molecule has 23 heavy (non-hydrogen) atoms. The molecule has 1 aromatic rings. The van der Waals surface area contributed by atoms with Crippen LogP contribution in [0.4, 0.5) is 23.7 Å². The SMILES string of the molecule is CC(C)(C)OC(=O)NCC#Cc1cc(N)ccc1OC(F)(F)F. The maximum Gasteiger partial charge on any atom is 0.573 e. The second-order valence-corrected chi connectivity index (χ2v) is 5.46. The number of benzene rings is 1. The van der Waals surface area contributed by atoms with Crippen LogP contribution in [0, 0.1) is 11.8 Å². The van der Waals surface area contributed by atoms with Crippen molar-refractivity contribution < 1.29 is 27.4 Å². The zero-order valence-electron chi connectivity index (χ0n) is 12.9. The van der Waals surface area contributed by atoms with Crippen molar-refractivity contribution in [1.29, 1.82) is 0 Å². The van der Waals surface area contributed by atoms with Gasteiger partial charge in [-0.05, 0) is 39.0 Å². The summed E-state index contributed by atoms with van der Waals surface area (Å²) >= 11 is 0. The Morgan fingerprint density at radius 3 is 2.52 bits per heavy atom. The number of anilines is 1. The monoisotopic (exact) mass is 330 g/mol. The average molecular weight is 330 g/mol. The third-order valence-corrected chi connectivity index (χ3v) is 2.17. The van der Waals surface area contributed by atoms with Gasteiger partial charge in [0.15, 0.2) is 0 Å². The summed E-state index contributed by atoms with van der Waals surface area (Å²) in [6.07, 6.45) is -5.51. The van der Waals surface area contributed by atoms with Crippen LogP contribution in [-0.4, -0.2) is 24.6 Å². The van der Waals surface area contributed by atoms with E-state index in [0.29, 0.717) is 0 Å². The summed E-state index contributed by atoms with van der Waals surface area (Å²) in [7, 11) is 0. The largest absolute Gasteiger partial charge is 0.573 e. The fourth-order valence-corrected chi connectivity index (χ4v) is 1.43. The van der Waals surface area contributed by atoms with Crippen molar-refractivity contribution >= 4 is 11.8 Å². The van der Waals surface area contributed by atoms with E-state index in [4.69, 9.17) is 10.5 Å². The Kier molecular flexibility index (Phi) is 5.73. The lowest BCUT2D eigenvalue weighted by atomic mass is 10.2. The summed E-state index contributed by atoms with van der Waals surface area (Å²) in [4.78, 5) is 11.4. The summed E-state index contributed by atoms with van der Waals surface area (Å²) in [6, 6.07) is 3.60. The van der Waals surface area contributed by atoms with Gasteiger partial charge in [0.2, 0.25) is 0 Å². The van der Waals surface area contributed by atoms with Gasteiger partial charge in [-0.25, -0.2) is 4.79 Å². The van der Waals surface area contributed by atoms with Gasteiger partial charge in [-0.3, -0.25) is 0 Å². The van der Waals surface area contributed by atoms with Gasteiger partial charge >= 0.3 is 12.5 Å². The van der Waals surface area contributed by atoms with Crippen molar-refractivity contribution in [1.82, 2.24) is 5.32 Å². The van der Waals surface area contributed by atoms with E-state index in [2.05, 4.69) is 21.9 Å². The van der Waals surface area contributed by atoms with Crippen LogP contribution in [0.3, 0.4) is 0 Å². The van der Waals surface area contributed by atoms with Gasteiger partial charge in [0.1, 0.15) is 11.4 Å². The number of carbonyl (C=O) groups excluding carboxylic acids is 1. The van der Waals surface area contributed by atoms with Crippen LogP contribution in [0.15, 0.2) is 18.2 Å². The number of nitrogens with one attached hydrogen (secondary N) is 1. The average Bonchev–Trinajstić information content (AvgIpc) is 2.34. The third kappa shape index (κ3) is 7.85. The molecule has 0 unspecified atom stereocenters. The lowest BCUT2D eigenvalue weighted by Crippen LogP contribution is -2.32. The molecule has 8 heteroatoms. The molecule has 0 saturated heterocycles. The summed E-state index contributed by atoms with van der Waals surface area (Å²) in [6.45, 7) is 5.00. The van der Waals surface area contributed by atoms with Crippen molar-refractivity contribution in [2.75, 3.05) is 12.3 Å². The lowest BCUT2D eigenvalue weighted by Gasteiger charge is -2.19. The smallest absolute Gasteiger partial charge is 0.444 e. The number of alkyl carbamates (subject to hydrolysis) is 1. The van der Waals surface area contributed by atoms with Crippen molar-refractivity contribution in [3.8, 4) is 17.6 Å². The molecule has 0 aliphatic heterocycles. The highest BCUT2D eigenvalue weighted by molar-refractivity contribution is 5.68. The Balaban J connectivity index is 2.74. The maximum atomic E-state index is 12.3. The molecule has 0 bridgehead atoms. The van der Waals surface area contributed by atoms with Crippen molar-refractivity contribution in [3.63, 3.8) is 0 Å². The fraction of sp³-hybridized carbons (Fsp3) is 0.400. The van der Waals surface area contributed by atoms with E-state index in [0.717, 1.165) is 6.07 Å². The highest BCUT2D eigenvalue weighted by Crippen LogP contribution is 2.27. The molecular weight excluding hydrogens is 313 g/mol. The van der Waals surface area contributed by atoms with Crippen LogP contribution in [0.1, 0.15) is 26.3 Å². The first-order valence-corrected chi connectivity index (χ1v) is 6.57. The number of hydrogen-bond acceptors (Lipinski definition) is 4. The van der Waals surface area contributed by atoms with Crippen LogP contribution in [0.2, 0.25) is 0 Å². The van der Waals surface area contributed by atoms with Gasteiger partial charge in [-0.15, -0.1) is 13.2 Å². The molecule has 0 fully saturated rings. The number of rotatable bonds is 2. The number of nitrogen functional groups attached to an aromatic ring is 1. The summed E-state index contributed by atoms with van der Waals surface area (Å²) in [5, 5.41) is 2.36. The van der Waals surface area contributed by atoms with Gasteiger partial charge in [0.05, 0.1) is 12.1 Å². The minimum Gasteiger partial charge on any atom is -0.444 e. The molecule has 0 atom stereocenters. The van der Waals surface area contributed by atoms with Crippen LogP contribution in [-0.2, 0) is 4.74 Å². The molecule has 1 rings (SSSR count). The predicted octanol–water partition coefficient (Wildman–Crippen LogP) is 3.04. The van der Waals surface area contributed by atoms with E-state index in [-0.39, 0.29) is 17.8 Å². The van der Waals surface area contributed by atoms with E-state index >= 15 is 0 Å². The van der Waals surface area contributed by atoms with Crippen LogP contribution in [0.25, 0.3) is 0 Å².